The van der Waals surface area contributed by atoms with E-state index in [9.17, 15) is 19.2 Å². The van der Waals surface area contributed by atoms with E-state index in [1.54, 1.807) is 0 Å². The van der Waals surface area contributed by atoms with Crippen molar-refractivity contribution in [2.75, 3.05) is 25.3 Å². The number of methoxy groups -OCH3 is 1. The molecule has 1 atom stereocenters. The molecule has 112 valence electrons. The van der Waals surface area contributed by atoms with Crippen LogP contribution in [0.1, 0.15) is 12.8 Å². The molecule has 0 aromatic heterocycles. The molecule has 0 aliphatic carbocycles. The van der Waals surface area contributed by atoms with Gasteiger partial charge in [0.25, 0.3) is 0 Å². The van der Waals surface area contributed by atoms with Gasteiger partial charge in [-0.25, -0.2) is 4.79 Å². The van der Waals surface area contributed by atoms with E-state index in [1.165, 1.54) is 23.8 Å². The van der Waals surface area contributed by atoms with E-state index in [1.807, 2.05) is 0 Å². The number of rotatable bonds is 7. The third kappa shape index (κ3) is 5.08. The summed E-state index contributed by atoms with van der Waals surface area (Å²) in [7, 11) is 1.20. The zero-order valence-electron chi connectivity index (χ0n) is 11.0. The molecule has 20 heavy (non-hydrogen) atoms. The van der Waals surface area contributed by atoms with Gasteiger partial charge in [-0.15, -0.1) is 11.8 Å². The van der Waals surface area contributed by atoms with E-state index >= 15 is 0 Å². The van der Waals surface area contributed by atoms with Gasteiger partial charge in [0.15, 0.2) is 0 Å². The number of hydrogen-bond acceptors (Lipinski definition) is 6. The Morgan fingerprint density at radius 1 is 1.50 bits per heavy atom. The maximum Gasteiger partial charge on any atom is 0.326 e. The molecule has 2 N–H and O–H groups in total. The van der Waals surface area contributed by atoms with Gasteiger partial charge in [-0.3, -0.25) is 14.4 Å². The molecule has 8 nitrogen and oxygen atoms in total. The van der Waals surface area contributed by atoms with E-state index in [0.29, 0.717) is 11.6 Å². The average Bonchev–Trinajstić information content (AvgIpc) is 2.79. The third-order valence-corrected chi connectivity index (χ3v) is 3.60. The van der Waals surface area contributed by atoms with Crippen LogP contribution >= 0.6 is 11.8 Å². The highest BCUT2D eigenvalue weighted by atomic mass is 32.2. The summed E-state index contributed by atoms with van der Waals surface area (Å²) in [6, 6.07) is -1.17. The number of amides is 2. The lowest BCUT2D eigenvalue weighted by Gasteiger charge is -2.17. The van der Waals surface area contributed by atoms with Crippen molar-refractivity contribution in [2.24, 2.45) is 0 Å². The Bertz CT molecular complexity index is 414. The van der Waals surface area contributed by atoms with E-state index in [-0.39, 0.29) is 25.3 Å². The molecule has 0 aromatic rings. The van der Waals surface area contributed by atoms with Crippen molar-refractivity contribution in [2.45, 2.75) is 18.9 Å². The number of esters is 1. The van der Waals surface area contributed by atoms with Gasteiger partial charge < -0.3 is 20.1 Å². The molecule has 0 saturated carbocycles. The molecular weight excluding hydrogens is 288 g/mol. The van der Waals surface area contributed by atoms with Gasteiger partial charge in [0.1, 0.15) is 12.6 Å². The fourth-order valence-corrected chi connectivity index (χ4v) is 2.48. The summed E-state index contributed by atoms with van der Waals surface area (Å²) < 4.78 is 4.41. The van der Waals surface area contributed by atoms with Crippen LogP contribution in [0.15, 0.2) is 0 Å². The minimum atomic E-state index is -1.23. The van der Waals surface area contributed by atoms with Crippen molar-refractivity contribution in [1.29, 1.82) is 0 Å². The first kappa shape index (κ1) is 16.3. The summed E-state index contributed by atoms with van der Waals surface area (Å²) in [5.41, 5.74) is 0. The number of ether oxygens (including phenoxy) is 1. The van der Waals surface area contributed by atoms with Crippen LogP contribution in [0.5, 0.6) is 0 Å². The molecule has 1 rings (SSSR count). The second-order valence-corrected chi connectivity index (χ2v) is 5.10. The number of thioether (sulfide) groups is 1. The van der Waals surface area contributed by atoms with Crippen molar-refractivity contribution in [3.05, 3.63) is 0 Å². The molecule has 1 aliphatic rings. The van der Waals surface area contributed by atoms with Gasteiger partial charge in [0, 0.05) is 6.42 Å². The van der Waals surface area contributed by atoms with Crippen LogP contribution in [0.3, 0.4) is 0 Å². The number of carbonyl (C=O) groups is 4. The first-order chi connectivity index (χ1) is 9.43. The molecule has 9 heteroatoms. The molecule has 1 aliphatic heterocycles. The fourth-order valence-electron chi connectivity index (χ4n) is 1.58. The maximum absolute atomic E-state index is 11.7. The summed E-state index contributed by atoms with van der Waals surface area (Å²) in [6.07, 6.45) is -0.164. The first-order valence-corrected chi connectivity index (χ1v) is 7.04. The lowest BCUT2D eigenvalue weighted by Crippen LogP contribution is -2.46. The molecule has 1 heterocycles. The highest BCUT2D eigenvalue weighted by Crippen LogP contribution is 2.14. The van der Waals surface area contributed by atoms with Crippen LogP contribution in [0, 0.1) is 0 Å². The van der Waals surface area contributed by atoms with Crippen molar-refractivity contribution < 1.29 is 29.0 Å². The molecule has 0 spiro atoms. The van der Waals surface area contributed by atoms with Crippen LogP contribution in [-0.2, 0) is 23.9 Å². The second-order valence-electron chi connectivity index (χ2n) is 4.14. The Balaban J connectivity index is 2.44. The van der Waals surface area contributed by atoms with Gasteiger partial charge in [-0.05, 0) is 6.42 Å². The lowest BCUT2D eigenvalue weighted by atomic mass is 10.1. The second kappa shape index (κ2) is 7.73. The van der Waals surface area contributed by atoms with Gasteiger partial charge in [-0.2, -0.15) is 0 Å². The minimum absolute atomic E-state index is 0.0591. The molecule has 0 radical (unpaired) electrons. The van der Waals surface area contributed by atoms with Gasteiger partial charge in [0.05, 0.1) is 18.7 Å². The monoisotopic (exact) mass is 304 g/mol. The van der Waals surface area contributed by atoms with Crippen LogP contribution in [0.4, 0.5) is 0 Å². The van der Waals surface area contributed by atoms with Crippen LogP contribution in [0.25, 0.3) is 0 Å². The van der Waals surface area contributed by atoms with Crippen LogP contribution < -0.4 is 5.32 Å². The summed E-state index contributed by atoms with van der Waals surface area (Å²) in [5.74, 6) is -1.73. The predicted molar refractivity (Wildman–Crippen MR) is 69.9 cm³/mol. The van der Waals surface area contributed by atoms with Gasteiger partial charge in [0.2, 0.25) is 11.8 Å². The van der Waals surface area contributed by atoms with E-state index in [2.05, 4.69) is 10.1 Å². The van der Waals surface area contributed by atoms with E-state index in [4.69, 9.17) is 5.11 Å². The van der Waals surface area contributed by atoms with Crippen molar-refractivity contribution in [1.82, 2.24) is 10.2 Å². The van der Waals surface area contributed by atoms with Crippen molar-refractivity contribution >= 4 is 35.5 Å². The first-order valence-electron chi connectivity index (χ1n) is 5.88. The number of nitrogens with one attached hydrogen (secondary N) is 1. The standard InChI is InChI=1S/C11H16N2O6S/c1-19-10(16)3-2-7(11(17)18)12-8(14)4-13-6-20-5-9(13)15/h7H,2-6H2,1H3,(H,12,14)(H,17,18)/t7-/m0/s1. The molecule has 1 saturated heterocycles. The number of carboxylic acids is 1. The molecule has 0 unspecified atom stereocenters. The number of aliphatic carboxylic acids is 1. The Labute approximate surface area is 119 Å². The molecule has 1 fully saturated rings. The average molecular weight is 304 g/mol. The SMILES string of the molecule is COC(=O)CC[C@H](NC(=O)CN1CSCC1=O)C(=O)O. The van der Waals surface area contributed by atoms with E-state index < -0.39 is 23.9 Å². The summed E-state index contributed by atoms with van der Waals surface area (Å²) in [4.78, 5) is 46.3. The van der Waals surface area contributed by atoms with Crippen LogP contribution in [-0.4, -0.2) is 65.1 Å². The van der Waals surface area contributed by atoms with Gasteiger partial charge >= 0.3 is 11.9 Å². The number of nitrogens with zero attached hydrogens (tertiary/aromatic N) is 1. The Morgan fingerprint density at radius 3 is 2.70 bits per heavy atom. The molecule has 0 aromatic carbocycles. The number of hydrogen-bond donors (Lipinski definition) is 2. The smallest absolute Gasteiger partial charge is 0.326 e. The minimum Gasteiger partial charge on any atom is -0.480 e. The highest BCUT2D eigenvalue weighted by Gasteiger charge is 2.26. The highest BCUT2D eigenvalue weighted by molar-refractivity contribution is 8.00. The summed E-state index contributed by atoms with van der Waals surface area (Å²) in [5, 5.41) is 11.3. The topological polar surface area (TPSA) is 113 Å². The fraction of sp³-hybridized carbons (Fsp3) is 0.636. The summed E-state index contributed by atoms with van der Waals surface area (Å²) in [6.45, 7) is -0.173. The molecule has 0 bridgehead atoms. The number of carbonyl (C=O) groups excluding carboxylic acids is 3. The maximum atomic E-state index is 11.7. The summed E-state index contributed by atoms with van der Waals surface area (Å²) >= 11 is 1.39. The Morgan fingerprint density at radius 2 is 2.20 bits per heavy atom. The Hall–Kier alpha value is -1.77. The predicted octanol–water partition coefficient (Wildman–Crippen LogP) is -0.958. The van der Waals surface area contributed by atoms with Crippen molar-refractivity contribution in [3.63, 3.8) is 0 Å². The lowest BCUT2D eigenvalue weighted by molar-refractivity contribution is -0.144. The zero-order valence-corrected chi connectivity index (χ0v) is 11.8. The van der Waals surface area contributed by atoms with Crippen LogP contribution in [0.2, 0.25) is 0 Å². The van der Waals surface area contributed by atoms with Crippen molar-refractivity contribution in [3.8, 4) is 0 Å². The Kier molecular flexibility index (Phi) is 6.29. The zero-order chi connectivity index (χ0) is 15.1. The van der Waals surface area contributed by atoms with E-state index in [0.717, 1.165) is 0 Å². The quantitative estimate of drug-likeness (QED) is 0.582. The normalized spacial score (nSPS) is 15.8. The number of carboxylic acid groups (broad SMARTS) is 1. The largest absolute Gasteiger partial charge is 0.480 e. The molecule has 2 amide bonds. The molecular formula is C11H16N2O6S. The van der Waals surface area contributed by atoms with Gasteiger partial charge in [-0.1, -0.05) is 0 Å². The third-order valence-electron chi connectivity index (χ3n) is 2.66.